The molecule has 1 spiro atoms. The largest absolute Gasteiger partial charge is 0.444 e. The fraction of sp³-hybridized carbons (Fsp3) is 0.759. The first-order valence-corrected chi connectivity index (χ1v) is 13.7. The van der Waals surface area contributed by atoms with Crippen LogP contribution in [0, 0.1) is 5.41 Å². The van der Waals surface area contributed by atoms with Crippen LogP contribution in [0.1, 0.15) is 102 Å². The van der Waals surface area contributed by atoms with Gasteiger partial charge in [0.25, 0.3) is 0 Å². The van der Waals surface area contributed by atoms with E-state index < -0.39 is 5.60 Å². The molecule has 1 amide bonds. The van der Waals surface area contributed by atoms with E-state index in [1.807, 2.05) is 25.7 Å². The summed E-state index contributed by atoms with van der Waals surface area (Å²) in [5, 5.41) is 9.94. The van der Waals surface area contributed by atoms with E-state index in [0.29, 0.717) is 23.3 Å². The molecule has 0 unspecified atom stereocenters. The van der Waals surface area contributed by atoms with Crippen molar-refractivity contribution in [2.24, 2.45) is 5.41 Å². The van der Waals surface area contributed by atoms with Crippen molar-refractivity contribution < 1.29 is 14.6 Å². The van der Waals surface area contributed by atoms with Crippen molar-refractivity contribution in [2.45, 2.75) is 108 Å². The lowest BCUT2D eigenvalue weighted by molar-refractivity contribution is -0.0347. The molecule has 2 aliphatic heterocycles. The van der Waals surface area contributed by atoms with Gasteiger partial charge in [0, 0.05) is 24.5 Å². The van der Waals surface area contributed by atoms with Gasteiger partial charge in [-0.2, -0.15) is 0 Å². The van der Waals surface area contributed by atoms with E-state index >= 15 is 0 Å². The maximum absolute atomic E-state index is 12.4. The van der Waals surface area contributed by atoms with Crippen molar-refractivity contribution in [3.63, 3.8) is 0 Å². The van der Waals surface area contributed by atoms with Crippen molar-refractivity contribution in [1.29, 1.82) is 0 Å². The molecule has 0 bridgehead atoms. The van der Waals surface area contributed by atoms with Crippen LogP contribution in [-0.4, -0.2) is 64.9 Å². The van der Waals surface area contributed by atoms with E-state index in [1.54, 1.807) is 11.1 Å². The number of benzene rings is 1. The molecule has 1 atom stereocenters. The summed E-state index contributed by atoms with van der Waals surface area (Å²) in [5.41, 5.74) is 3.05. The molecular weight excluding hydrogens is 424 g/mol. The van der Waals surface area contributed by atoms with Crippen LogP contribution in [0.15, 0.2) is 24.3 Å². The molecular formula is C29H44N2O3. The molecule has 5 nitrogen and oxygen atoms in total. The highest BCUT2D eigenvalue weighted by molar-refractivity contribution is 5.69. The van der Waals surface area contributed by atoms with Gasteiger partial charge in [0.1, 0.15) is 5.60 Å². The van der Waals surface area contributed by atoms with Crippen LogP contribution in [0.2, 0.25) is 0 Å². The molecule has 1 N–H and O–H groups in total. The van der Waals surface area contributed by atoms with E-state index in [4.69, 9.17) is 4.74 Å². The van der Waals surface area contributed by atoms with E-state index in [9.17, 15) is 9.90 Å². The minimum absolute atomic E-state index is 0.0896. The third-order valence-corrected chi connectivity index (χ3v) is 9.00. The lowest BCUT2D eigenvalue weighted by Crippen LogP contribution is -2.58. The second-order valence-corrected chi connectivity index (χ2v) is 12.7. The predicted octanol–water partition coefficient (Wildman–Crippen LogP) is 5.67. The van der Waals surface area contributed by atoms with Gasteiger partial charge in [-0.25, -0.2) is 4.79 Å². The Hall–Kier alpha value is -1.59. The van der Waals surface area contributed by atoms with Crippen molar-refractivity contribution >= 4 is 6.09 Å². The Morgan fingerprint density at radius 2 is 1.53 bits per heavy atom. The van der Waals surface area contributed by atoms with Crippen molar-refractivity contribution in [2.75, 3.05) is 26.2 Å². The average molecular weight is 469 g/mol. The Balaban J connectivity index is 1.13. The number of hydrogen-bond donors (Lipinski definition) is 1. The summed E-state index contributed by atoms with van der Waals surface area (Å²) in [6, 6.07) is 9.84. The first kappa shape index (κ1) is 24.1. The Labute approximate surface area is 205 Å². The molecule has 1 aromatic rings. The summed E-state index contributed by atoms with van der Waals surface area (Å²) >= 11 is 0. The molecule has 2 heterocycles. The fourth-order valence-electron chi connectivity index (χ4n) is 7.21. The lowest BCUT2D eigenvalue weighted by atomic mass is 9.76. The number of hydrogen-bond acceptors (Lipinski definition) is 4. The van der Waals surface area contributed by atoms with Gasteiger partial charge in [-0.1, -0.05) is 24.3 Å². The van der Waals surface area contributed by atoms with Gasteiger partial charge in [0.15, 0.2) is 0 Å². The van der Waals surface area contributed by atoms with E-state index in [1.165, 1.54) is 45.2 Å². The molecule has 0 aromatic heterocycles. The normalized spacial score (nSPS) is 30.4. The van der Waals surface area contributed by atoms with Crippen LogP contribution in [0.4, 0.5) is 4.79 Å². The molecule has 5 rings (SSSR count). The second-order valence-electron chi connectivity index (χ2n) is 12.7. The molecule has 188 valence electrons. The van der Waals surface area contributed by atoms with Gasteiger partial charge < -0.3 is 19.6 Å². The Kier molecular flexibility index (Phi) is 6.71. The van der Waals surface area contributed by atoms with Crippen molar-refractivity contribution in [1.82, 2.24) is 9.80 Å². The first-order chi connectivity index (χ1) is 16.2. The minimum atomic E-state index is -0.417. The van der Waals surface area contributed by atoms with Crippen molar-refractivity contribution in [3.05, 3.63) is 35.4 Å². The van der Waals surface area contributed by atoms with Gasteiger partial charge in [-0.05, 0) is 115 Å². The number of likely N-dealkylation sites (tertiary alicyclic amines) is 2. The molecule has 1 aromatic carbocycles. The quantitative estimate of drug-likeness (QED) is 0.621. The molecule has 0 radical (unpaired) electrons. The highest BCUT2D eigenvalue weighted by atomic mass is 16.6. The molecule has 4 fully saturated rings. The van der Waals surface area contributed by atoms with Crippen LogP contribution in [0.25, 0.3) is 0 Å². The predicted molar refractivity (Wildman–Crippen MR) is 135 cm³/mol. The summed E-state index contributed by atoms with van der Waals surface area (Å²) in [6.07, 6.45) is 10.2. The summed E-state index contributed by atoms with van der Waals surface area (Å²) in [4.78, 5) is 17.0. The number of ether oxygens (including phenoxy) is 1. The van der Waals surface area contributed by atoms with Gasteiger partial charge in [-0.3, -0.25) is 0 Å². The van der Waals surface area contributed by atoms with Gasteiger partial charge in [0.05, 0.1) is 6.10 Å². The number of amides is 1. The minimum Gasteiger partial charge on any atom is -0.444 e. The standard InChI is InChI=1S/C29H44N2O3/c1-28(2,3)34-27(33)31-19-29(20-31)15-12-23(18-29)30-16-13-22(14-17-30)26-7-5-4-6-25(26)21-8-10-24(32)11-9-21/h4-7,21-24,32H,8-20H2,1-3H3/t21?,23-,24?/m1/s1. The van der Waals surface area contributed by atoms with E-state index in [2.05, 4.69) is 29.2 Å². The first-order valence-electron chi connectivity index (χ1n) is 13.7. The third-order valence-electron chi connectivity index (χ3n) is 9.00. The number of aliphatic hydroxyl groups is 1. The number of nitrogens with zero attached hydrogens (tertiary/aromatic N) is 2. The molecule has 34 heavy (non-hydrogen) atoms. The highest BCUT2D eigenvalue weighted by Gasteiger charge is 2.51. The van der Waals surface area contributed by atoms with Crippen LogP contribution >= 0.6 is 0 Å². The number of carbonyl (C=O) groups excluding carboxylic acids is 1. The molecule has 2 aliphatic carbocycles. The zero-order chi connectivity index (χ0) is 23.9. The van der Waals surface area contributed by atoms with Crippen LogP contribution in [0.3, 0.4) is 0 Å². The summed E-state index contributed by atoms with van der Waals surface area (Å²) in [7, 11) is 0. The van der Waals surface area contributed by atoms with Crippen LogP contribution in [-0.2, 0) is 4.74 Å². The maximum atomic E-state index is 12.4. The maximum Gasteiger partial charge on any atom is 0.410 e. The van der Waals surface area contributed by atoms with Gasteiger partial charge in [0.2, 0.25) is 0 Å². The lowest BCUT2D eigenvalue weighted by Gasteiger charge is -2.48. The number of carbonyl (C=O) groups is 1. The fourth-order valence-corrected chi connectivity index (χ4v) is 7.21. The number of rotatable bonds is 3. The van der Waals surface area contributed by atoms with Crippen LogP contribution in [0.5, 0.6) is 0 Å². The van der Waals surface area contributed by atoms with Crippen molar-refractivity contribution in [3.8, 4) is 0 Å². The molecule has 2 saturated heterocycles. The Bertz CT molecular complexity index is 856. The third kappa shape index (κ3) is 5.16. The zero-order valence-electron chi connectivity index (χ0n) is 21.5. The zero-order valence-corrected chi connectivity index (χ0v) is 21.5. The smallest absolute Gasteiger partial charge is 0.410 e. The Morgan fingerprint density at radius 3 is 2.12 bits per heavy atom. The Morgan fingerprint density at radius 1 is 0.941 bits per heavy atom. The highest BCUT2D eigenvalue weighted by Crippen LogP contribution is 2.48. The molecule has 2 saturated carbocycles. The summed E-state index contributed by atoms with van der Waals surface area (Å²) < 4.78 is 5.56. The summed E-state index contributed by atoms with van der Waals surface area (Å²) in [6.45, 7) is 9.95. The molecule has 5 heteroatoms. The second kappa shape index (κ2) is 9.46. The average Bonchev–Trinajstić information content (AvgIpc) is 3.24. The topological polar surface area (TPSA) is 53.0 Å². The van der Waals surface area contributed by atoms with E-state index in [0.717, 1.165) is 38.8 Å². The van der Waals surface area contributed by atoms with E-state index in [-0.39, 0.29) is 12.2 Å². The van der Waals surface area contributed by atoms with Gasteiger partial charge >= 0.3 is 6.09 Å². The van der Waals surface area contributed by atoms with Gasteiger partial charge in [-0.15, -0.1) is 0 Å². The summed E-state index contributed by atoms with van der Waals surface area (Å²) in [5.74, 6) is 1.29. The molecule has 4 aliphatic rings. The van der Waals surface area contributed by atoms with Crippen LogP contribution < -0.4 is 0 Å². The monoisotopic (exact) mass is 468 g/mol. The number of aliphatic hydroxyl groups excluding tert-OH is 1. The SMILES string of the molecule is CC(C)(C)OC(=O)N1CC2(CC[C@@H](N3CCC(c4ccccc4C4CCC(O)CC4)CC3)C2)C1. The number of piperidine rings is 1.